The predicted octanol–water partition coefficient (Wildman–Crippen LogP) is 1.53. The monoisotopic (exact) mass is 330 g/mol. The fraction of sp³-hybridized carbons (Fsp3) is 0.294. The van der Waals surface area contributed by atoms with Crippen molar-refractivity contribution in [3.63, 3.8) is 0 Å². The van der Waals surface area contributed by atoms with Gasteiger partial charge in [0.15, 0.2) is 0 Å². The Morgan fingerprint density at radius 3 is 2.79 bits per heavy atom. The van der Waals surface area contributed by atoms with Crippen LogP contribution < -0.4 is 5.73 Å². The first-order valence-electron chi connectivity index (χ1n) is 7.32. The predicted molar refractivity (Wildman–Crippen MR) is 84.0 cm³/mol. The molecule has 7 heteroatoms. The molecule has 0 saturated heterocycles. The number of nitriles is 1. The average Bonchev–Trinajstić information content (AvgIpc) is 2.55. The van der Waals surface area contributed by atoms with Crippen molar-refractivity contribution >= 4 is 5.97 Å². The minimum atomic E-state index is -0.936. The molecule has 1 aliphatic rings. The number of ether oxygens (including phenoxy) is 2. The second-order valence-electron chi connectivity index (χ2n) is 5.17. The smallest absolute Gasteiger partial charge is 0.338 e. The van der Waals surface area contributed by atoms with Crippen LogP contribution in [0.25, 0.3) is 0 Å². The van der Waals surface area contributed by atoms with E-state index in [9.17, 15) is 20.3 Å². The molecule has 7 nitrogen and oxygen atoms in total. The first-order chi connectivity index (χ1) is 11.4. The van der Waals surface area contributed by atoms with E-state index >= 15 is 0 Å². The molecule has 0 spiro atoms. The average molecular weight is 330 g/mol. The van der Waals surface area contributed by atoms with E-state index < -0.39 is 11.9 Å². The van der Waals surface area contributed by atoms with E-state index in [4.69, 9.17) is 15.2 Å². The van der Waals surface area contributed by atoms with Gasteiger partial charge in [0.25, 0.3) is 0 Å². The topological polar surface area (TPSA) is 126 Å². The third-order valence-electron chi connectivity index (χ3n) is 3.69. The van der Waals surface area contributed by atoms with Gasteiger partial charge in [-0.15, -0.1) is 0 Å². The Morgan fingerprint density at radius 1 is 1.50 bits per heavy atom. The van der Waals surface area contributed by atoms with Crippen molar-refractivity contribution in [1.82, 2.24) is 0 Å². The summed E-state index contributed by atoms with van der Waals surface area (Å²) in [4.78, 5) is 12.4. The van der Waals surface area contributed by atoms with E-state index in [0.29, 0.717) is 5.56 Å². The number of nitrogens with two attached hydrogens (primary N) is 1. The second kappa shape index (κ2) is 7.06. The van der Waals surface area contributed by atoms with Crippen LogP contribution in [0.3, 0.4) is 0 Å². The Bertz CT molecular complexity index is 774. The van der Waals surface area contributed by atoms with Gasteiger partial charge in [-0.05, 0) is 31.5 Å². The molecule has 4 N–H and O–H groups in total. The van der Waals surface area contributed by atoms with E-state index in [1.807, 2.05) is 6.07 Å². The second-order valence-corrected chi connectivity index (χ2v) is 5.17. The van der Waals surface area contributed by atoms with Crippen LogP contribution in [-0.4, -0.2) is 22.8 Å². The molecule has 0 saturated carbocycles. The number of nitrogens with zero attached hydrogens (tertiary/aromatic N) is 1. The molecule has 0 aromatic heterocycles. The number of aliphatic hydroxyl groups excluding tert-OH is 1. The summed E-state index contributed by atoms with van der Waals surface area (Å²) in [7, 11) is 0. The highest BCUT2D eigenvalue weighted by molar-refractivity contribution is 5.92. The molecule has 2 rings (SSSR count). The van der Waals surface area contributed by atoms with Crippen molar-refractivity contribution < 1.29 is 24.5 Å². The van der Waals surface area contributed by atoms with E-state index in [2.05, 4.69) is 0 Å². The largest absolute Gasteiger partial charge is 0.508 e. The third-order valence-corrected chi connectivity index (χ3v) is 3.69. The van der Waals surface area contributed by atoms with E-state index in [1.54, 1.807) is 6.92 Å². The summed E-state index contributed by atoms with van der Waals surface area (Å²) in [6.45, 7) is 3.08. The molecule has 1 heterocycles. The Balaban J connectivity index is 2.69. The summed E-state index contributed by atoms with van der Waals surface area (Å²) in [6, 6.07) is 6.37. The van der Waals surface area contributed by atoms with Crippen molar-refractivity contribution in [2.45, 2.75) is 26.4 Å². The Hall–Kier alpha value is -2.98. The Labute approximate surface area is 139 Å². The SMILES string of the molecule is CCOC(=O)C1=C(C)OC(N)=C(C#N)C1c1cc(CO)ccc1O. The van der Waals surface area contributed by atoms with Gasteiger partial charge in [-0.25, -0.2) is 4.79 Å². The van der Waals surface area contributed by atoms with Crippen LogP contribution >= 0.6 is 0 Å². The first-order valence-corrected chi connectivity index (χ1v) is 7.32. The summed E-state index contributed by atoms with van der Waals surface area (Å²) in [6.07, 6.45) is 0. The lowest BCUT2D eigenvalue weighted by molar-refractivity contribution is -0.139. The van der Waals surface area contributed by atoms with E-state index in [1.165, 1.54) is 25.1 Å². The highest BCUT2D eigenvalue weighted by Gasteiger charge is 2.37. The lowest BCUT2D eigenvalue weighted by Gasteiger charge is -2.27. The summed E-state index contributed by atoms with van der Waals surface area (Å²) in [5, 5.41) is 29.0. The van der Waals surface area contributed by atoms with Crippen LogP contribution in [0, 0.1) is 11.3 Å². The minimum absolute atomic E-state index is 0.00552. The van der Waals surface area contributed by atoms with E-state index in [-0.39, 0.29) is 47.3 Å². The first kappa shape index (κ1) is 17.4. The zero-order valence-electron chi connectivity index (χ0n) is 13.4. The number of benzene rings is 1. The lowest BCUT2D eigenvalue weighted by Crippen LogP contribution is -2.25. The molecular formula is C17H18N2O5. The highest BCUT2D eigenvalue weighted by Crippen LogP contribution is 2.42. The van der Waals surface area contributed by atoms with Crippen LogP contribution in [0.4, 0.5) is 0 Å². The van der Waals surface area contributed by atoms with Crippen molar-refractivity contribution in [3.05, 3.63) is 52.1 Å². The maximum Gasteiger partial charge on any atom is 0.338 e. The molecule has 1 atom stereocenters. The lowest BCUT2D eigenvalue weighted by atomic mass is 9.82. The normalized spacial score (nSPS) is 17.3. The van der Waals surface area contributed by atoms with Gasteiger partial charge in [0.05, 0.1) is 24.7 Å². The van der Waals surface area contributed by atoms with Crippen LogP contribution in [0.1, 0.15) is 30.9 Å². The summed E-state index contributed by atoms with van der Waals surface area (Å²) in [5.41, 5.74) is 6.66. The molecule has 0 aliphatic carbocycles. The van der Waals surface area contributed by atoms with E-state index in [0.717, 1.165) is 0 Å². The number of rotatable bonds is 4. The number of phenolic OH excluding ortho intramolecular Hbond substituents is 1. The zero-order valence-corrected chi connectivity index (χ0v) is 13.4. The van der Waals surface area contributed by atoms with Crippen molar-refractivity contribution in [3.8, 4) is 11.8 Å². The number of phenols is 1. The molecule has 1 aliphatic heterocycles. The maximum absolute atomic E-state index is 12.4. The quantitative estimate of drug-likeness (QED) is 0.715. The number of aromatic hydroxyl groups is 1. The van der Waals surface area contributed by atoms with Crippen LogP contribution in [0.5, 0.6) is 5.75 Å². The molecule has 126 valence electrons. The van der Waals surface area contributed by atoms with Crippen molar-refractivity contribution in [1.29, 1.82) is 5.26 Å². The van der Waals surface area contributed by atoms with Gasteiger partial charge in [-0.3, -0.25) is 0 Å². The maximum atomic E-state index is 12.4. The minimum Gasteiger partial charge on any atom is -0.508 e. The molecule has 0 bridgehead atoms. The van der Waals surface area contributed by atoms with Gasteiger partial charge in [-0.1, -0.05) is 6.07 Å². The number of aliphatic hydroxyl groups is 1. The molecule has 1 unspecified atom stereocenters. The van der Waals surface area contributed by atoms with Gasteiger partial charge in [0, 0.05) is 5.56 Å². The van der Waals surface area contributed by atoms with Crippen molar-refractivity contribution in [2.24, 2.45) is 5.73 Å². The number of allylic oxidation sites excluding steroid dienone is 2. The molecular weight excluding hydrogens is 312 g/mol. The van der Waals surface area contributed by atoms with Gasteiger partial charge in [0.1, 0.15) is 23.2 Å². The molecule has 0 amide bonds. The fourth-order valence-electron chi connectivity index (χ4n) is 2.60. The summed E-state index contributed by atoms with van der Waals surface area (Å²) < 4.78 is 10.3. The zero-order chi connectivity index (χ0) is 17.9. The molecule has 1 aromatic rings. The summed E-state index contributed by atoms with van der Waals surface area (Å²) >= 11 is 0. The molecule has 24 heavy (non-hydrogen) atoms. The number of hydrogen-bond donors (Lipinski definition) is 3. The van der Waals surface area contributed by atoms with Gasteiger partial charge in [-0.2, -0.15) is 5.26 Å². The number of carbonyl (C=O) groups excluding carboxylic acids is 1. The van der Waals surface area contributed by atoms with Crippen LogP contribution in [0.15, 0.2) is 41.0 Å². The number of hydrogen-bond acceptors (Lipinski definition) is 7. The number of carbonyl (C=O) groups is 1. The van der Waals surface area contributed by atoms with Crippen molar-refractivity contribution in [2.75, 3.05) is 6.61 Å². The van der Waals surface area contributed by atoms with Gasteiger partial charge in [0.2, 0.25) is 5.88 Å². The van der Waals surface area contributed by atoms with Crippen LogP contribution in [0.2, 0.25) is 0 Å². The standard InChI is InChI=1S/C17H18N2O5/c1-3-23-17(22)14-9(2)24-16(19)12(7-18)15(14)11-6-10(8-20)4-5-13(11)21/h4-6,15,20-21H,3,8,19H2,1-2H3. The van der Waals surface area contributed by atoms with Gasteiger partial charge < -0.3 is 25.4 Å². The molecule has 0 fully saturated rings. The fourth-order valence-corrected chi connectivity index (χ4v) is 2.60. The number of esters is 1. The third kappa shape index (κ3) is 3.05. The Kier molecular flexibility index (Phi) is 5.11. The Morgan fingerprint density at radius 2 is 2.21 bits per heavy atom. The highest BCUT2D eigenvalue weighted by atomic mass is 16.5. The van der Waals surface area contributed by atoms with Crippen LogP contribution in [-0.2, 0) is 20.9 Å². The summed E-state index contributed by atoms with van der Waals surface area (Å²) in [5.74, 6) is -1.66. The molecule has 0 radical (unpaired) electrons. The molecule has 1 aromatic carbocycles. The van der Waals surface area contributed by atoms with Gasteiger partial charge >= 0.3 is 5.97 Å².